The molecule has 0 heterocycles. The predicted octanol–water partition coefficient (Wildman–Crippen LogP) is -1.42. The van der Waals surface area contributed by atoms with Crippen molar-refractivity contribution in [2.24, 2.45) is 0 Å². The van der Waals surface area contributed by atoms with Crippen molar-refractivity contribution in [1.82, 2.24) is 0 Å². The van der Waals surface area contributed by atoms with Gasteiger partial charge in [-0.3, -0.25) is 0 Å². The first kappa shape index (κ1) is 15.6. The monoisotopic (exact) mass is 507 g/mol. The van der Waals surface area contributed by atoms with Crippen LogP contribution >= 0.6 is 0 Å². The molecule has 0 bridgehead atoms. The molecule has 19 valence electrons. The molecule has 0 aromatic carbocycles. The van der Waals surface area contributed by atoms with E-state index in [1.165, 1.54) is 0 Å². The summed E-state index contributed by atoms with van der Waals surface area (Å²) >= 11 is 0.194. The minimum absolute atomic E-state index is 0. The Morgan fingerprint density at radius 3 is 1.25 bits per heavy atom. The number of hydrogen-bond acceptors (Lipinski definition) is 1. The first-order chi connectivity index (χ1) is 1.00. The van der Waals surface area contributed by atoms with Gasteiger partial charge >= 0.3 is 76.4 Å². The topological polar surface area (TPSA) is 17.1 Å². The van der Waals surface area contributed by atoms with Crippen molar-refractivity contribution < 1.29 is 43.7 Å². The fraction of sp³-hybridized carbons (Fsp3) is 0. The summed E-state index contributed by atoms with van der Waals surface area (Å²) in [5.74, 6) is 0. The van der Waals surface area contributed by atoms with E-state index in [1.807, 2.05) is 0 Å². The second-order valence-corrected chi connectivity index (χ2v) is 0. The molecule has 0 aromatic heterocycles. The Morgan fingerprint density at radius 1 is 1.25 bits per heavy atom. The molecule has 0 atom stereocenters. The second-order valence-electron chi connectivity index (χ2n) is 0. The summed E-state index contributed by atoms with van der Waals surface area (Å²) in [6.07, 6.45) is 0. The Labute approximate surface area is 114 Å². The predicted molar refractivity (Wildman–Crippen MR) is 15.0 cm³/mol. The van der Waals surface area contributed by atoms with E-state index < -0.39 is 0 Å². The fourth-order valence-electron chi connectivity index (χ4n) is 0. The van der Waals surface area contributed by atoms with Gasteiger partial charge in [0.2, 0.25) is 0 Å². The minimum atomic E-state index is 0. The summed E-state index contributed by atoms with van der Waals surface area (Å²) in [5, 5.41) is 0. The Bertz CT molecular complexity index is 8.00. The summed E-state index contributed by atoms with van der Waals surface area (Å²) in [4.78, 5) is 0. The SMILES string of the molecule is [BaH2].[Nd].[O]=[Bi]. The van der Waals surface area contributed by atoms with Gasteiger partial charge in [0, 0.05) is 40.8 Å². The molecule has 4 heteroatoms. The third kappa shape index (κ3) is 9.15. The van der Waals surface area contributed by atoms with Gasteiger partial charge in [0.1, 0.15) is 0 Å². The first-order valence-corrected chi connectivity index (χ1v) is 1.60. The van der Waals surface area contributed by atoms with Crippen molar-refractivity contribution in [2.75, 3.05) is 0 Å². The molecule has 0 fully saturated rings. The summed E-state index contributed by atoms with van der Waals surface area (Å²) in [6, 6.07) is 0. The van der Waals surface area contributed by atoms with Crippen LogP contribution in [0.1, 0.15) is 0 Å². The van der Waals surface area contributed by atoms with Crippen molar-refractivity contribution in [3.05, 3.63) is 0 Å². The zero-order valence-corrected chi connectivity index (χ0v) is 8.04. The molecule has 1 nitrogen and oxygen atoms in total. The van der Waals surface area contributed by atoms with Gasteiger partial charge in [0.15, 0.2) is 0 Å². The molecule has 0 spiro atoms. The molecule has 0 aromatic rings. The third-order valence-corrected chi connectivity index (χ3v) is 0. The molecule has 0 aliphatic heterocycles. The average Bonchev–Trinajstić information content (AvgIpc) is 1.00. The molecule has 0 aliphatic rings. The molecular formula is H2BaBiNdO. The van der Waals surface area contributed by atoms with Crippen LogP contribution in [0.15, 0.2) is 0 Å². The molecule has 1 radical (unpaired) electrons. The Balaban J connectivity index is -0.00000000500. The summed E-state index contributed by atoms with van der Waals surface area (Å²) in [6.45, 7) is 0. The van der Waals surface area contributed by atoms with E-state index >= 15 is 0 Å². The molecule has 4 heavy (non-hydrogen) atoms. The Hall–Kier alpha value is 3.61. The van der Waals surface area contributed by atoms with Gasteiger partial charge in [0.25, 0.3) is 0 Å². The molecular weight excluding hydrogens is 507 g/mol. The van der Waals surface area contributed by atoms with E-state index in [1.54, 1.807) is 0 Å². The van der Waals surface area contributed by atoms with Gasteiger partial charge in [-0.25, -0.2) is 0 Å². The third-order valence-electron chi connectivity index (χ3n) is 0. The van der Waals surface area contributed by atoms with Crippen LogP contribution in [-0.4, -0.2) is 73.6 Å². The van der Waals surface area contributed by atoms with E-state index in [9.17, 15) is 0 Å². The number of rotatable bonds is 0. The maximum absolute atomic E-state index is 8.36. The van der Waals surface area contributed by atoms with Crippen molar-refractivity contribution in [3.63, 3.8) is 0 Å². The van der Waals surface area contributed by atoms with Crippen LogP contribution in [0.2, 0.25) is 0 Å². The number of hydrogen-bond donors (Lipinski definition) is 0. The Morgan fingerprint density at radius 2 is 1.25 bits per heavy atom. The summed E-state index contributed by atoms with van der Waals surface area (Å²) < 4.78 is 8.36. The molecule has 0 saturated heterocycles. The molecule has 0 unspecified atom stereocenters. The fourth-order valence-corrected chi connectivity index (χ4v) is 0. The van der Waals surface area contributed by atoms with Crippen LogP contribution in [0.3, 0.4) is 0 Å². The van der Waals surface area contributed by atoms with E-state index in [4.69, 9.17) is 2.81 Å². The van der Waals surface area contributed by atoms with Crippen LogP contribution in [0.5, 0.6) is 0 Å². The van der Waals surface area contributed by atoms with Crippen LogP contribution in [-0.2, 0) is 2.81 Å². The van der Waals surface area contributed by atoms with Gasteiger partial charge in [0.05, 0.1) is 0 Å². The average molecular weight is 509 g/mol. The van der Waals surface area contributed by atoms with E-state index in [0.29, 0.717) is 0 Å². The quantitative estimate of drug-likeness (QED) is 0.368. The molecule has 0 amide bonds. The van der Waals surface area contributed by atoms with Crippen molar-refractivity contribution in [2.45, 2.75) is 0 Å². The maximum atomic E-state index is 8.36. The van der Waals surface area contributed by atoms with Crippen LogP contribution in [0.4, 0.5) is 0 Å². The van der Waals surface area contributed by atoms with E-state index in [2.05, 4.69) is 0 Å². The summed E-state index contributed by atoms with van der Waals surface area (Å²) in [7, 11) is 0. The van der Waals surface area contributed by atoms with E-state index in [-0.39, 0.29) is 114 Å². The summed E-state index contributed by atoms with van der Waals surface area (Å²) in [5.41, 5.74) is 0. The Kier molecular flexibility index (Phi) is 62.5. The molecule has 0 saturated carbocycles. The van der Waals surface area contributed by atoms with Crippen molar-refractivity contribution in [3.8, 4) is 0 Å². The molecule has 0 N–H and O–H groups in total. The van der Waals surface area contributed by atoms with Crippen LogP contribution in [0, 0.1) is 40.8 Å². The van der Waals surface area contributed by atoms with Gasteiger partial charge in [-0.15, -0.1) is 0 Å². The normalized spacial score (nSPS) is 1.00. The van der Waals surface area contributed by atoms with Crippen LogP contribution in [0.25, 0.3) is 0 Å². The van der Waals surface area contributed by atoms with Gasteiger partial charge < -0.3 is 0 Å². The molecule has 0 rings (SSSR count). The standard InChI is InChI=1S/Ba.Bi.Nd.O.2H. The zero-order valence-electron chi connectivity index (χ0n) is 1.36. The van der Waals surface area contributed by atoms with Gasteiger partial charge in [-0.2, -0.15) is 0 Å². The zero-order chi connectivity index (χ0) is 2.00. The van der Waals surface area contributed by atoms with E-state index in [0.717, 1.165) is 0 Å². The first-order valence-electron chi connectivity index (χ1n) is 0.183. The second kappa shape index (κ2) is 16.0. The van der Waals surface area contributed by atoms with Crippen molar-refractivity contribution in [1.29, 1.82) is 0 Å². The molecule has 0 aliphatic carbocycles. The van der Waals surface area contributed by atoms with Gasteiger partial charge in [-0.05, 0) is 0 Å². The van der Waals surface area contributed by atoms with Gasteiger partial charge in [-0.1, -0.05) is 0 Å². The van der Waals surface area contributed by atoms with Crippen molar-refractivity contribution >= 4 is 73.6 Å². The van der Waals surface area contributed by atoms with Crippen LogP contribution < -0.4 is 0 Å².